The zero-order valence-electron chi connectivity index (χ0n) is 15.2. The van der Waals surface area contributed by atoms with Crippen LogP contribution >= 0.6 is 0 Å². The first-order valence-corrected chi connectivity index (χ1v) is 9.04. The third-order valence-electron chi connectivity index (χ3n) is 5.46. The van der Waals surface area contributed by atoms with Crippen LogP contribution in [0.4, 0.5) is 0 Å². The lowest BCUT2D eigenvalue weighted by atomic mass is 9.81. The molecule has 0 unspecified atom stereocenters. The molecule has 3 rings (SSSR count). The lowest BCUT2D eigenvalue weighted by Gasteiger charge is -2.35. The fraction of sp³-hybridized carbons (Fsp3) is 0.476. The van der Waals surface area contributed by atoms with Gasteiger partial charge >= 0.3 is 0 Å². The number of benzene rings is 1. The maximum absolute atomic E-state index is 10.8. The van der Waals surface area contributed by atoms with Crippen LogP contribution in [0.3, 0.4) is 0 Å². The number of fused-ring (bicyclic) bond motifs is 1. The molecule has 25 heavy (non-hydrogen) atoms. The Morgan fingerprint density at radius 3 is 3.04 bits per heavy atom. The fourth-order valence-corrected chi connectivity index (χ4v) is 3.92. The highest BCUT2D eigenvalue weighted by Crippen LogP contribution is 2.33. The van der Waals surface area contributed by atoms with Crippen LogP contribution in [-0.4, -0.2) is 42.2 Å². The van der Waals surface area contributed by atoms with Crippen LogP contribution in [0, 0.1) is 11.8 Å². The van der Waals surface area contributed by atoms with Gasteiger partial charge in [0.15, 0.2) is 0 Å². The van der Waals surface area contributed by atoms with E-state index < -0.39 is 6.10 Å². The van der Waals surface area contributed by atoms with Crippen LogP contribution in [-0.2, 0) is 0 Å². The number of nitrogens with zero attached hydrogens (tertiary/aromatic N) is 2. The Bertz CT molecular complexity index is 731. The molecular weight excluding hydrogens is 312 g/mol. The molecule has 0 aliphatic carbocycles. The van der Waals surface area contributed by atoms with E-state index in [0.717, 1.165) is 48.1 Å². The number of methoxy groups -OCH3 is 1. The topological polar surface area (TPSA) is 45.6 Å². The van der Waals surface area contributed by atoms with E-state index in [2.05, 4.69) is 29.6 Å². The predicted molar refractivity (Wildman–Crippen MR) is 102 cm³/mol. The zero-order valence-corrected chi connectivity index (χ0v) is 15.2. The van der Waals surface area contributed by atoms with Gasteiger partial charge in [0.2, 0.25) is 0 Å². The molecule has 1 N–H and O–H groups in total. The minimum atomic E-state index is -0.484. The fourth-order valence-electron chi connectivity index (χ4n) is 3.92. The lowest BCUT2D eigenvalue weighted by molar-refractivity contribution is 0.124. The Kier molecular flexibility index (Phi) is 5.71. The third-order valence-corrected chi connectivity index (χ3v) is 5.46. The van der Waals surface area contributed by atoms with Crippen molar-refractivity contribution in [3.8, 4) is 5.75 Å². The van der Waals surface area contributed by atoms with Crippen molar-refractivity contribution in [1.82, 2.24) is 9.88 Å². The van der Waals surface area contributed by atoms with E-state index >= 15 is 0 Å². The molecule has 1 aliphatic heterocycles. The molecule has 0 saturated carbocycles. The third kappa shape index (κ3) is 4.02. The van der Waals surface area contributed by atoms with Crippen LogP contribution in [0.2, 0.25) is 0 Å². The van der Waals surface area contributed by atoms with Crippen molar-refractivity contribution in [3.63, 3.8) is 0 Å². The maximum Gasteiger partial charge on any atom is 0.119 e. The molecule has 4 nitrogen and oxygen atoms in total. The zero-order chi connectivity index (χ0) is 17.8. The number of aliphatic hydroxyl groups is 1. The number of pyridine rings is 1. The van der Waals surface area contributed by atoms with Gasteiger partial charge in [-0.2, -0.15) is 0 Å². The van der Waals surface area contributed by atoms with Crippen molar-refractivity contribution in [2.45, 2.75) is 25.4 Å². The van der Waals surface area contributed by atoms with Gasteiger partial charge < -0.3 is 14.7 Å². The molecule has 0 spiro atoms. The maximum atomic E-state index is 10.8. The molecule has 134 valence electrons. The van der Waals surface area contributed by atoms with Gasteiger partial charge in [-0.15, -0.1) is 6.58 Å². The predicted octanol–water partition coefficient (Wildman–Crippen LogP) is 3.81. The van der Waals surface area contributed by atoms with E-state index in [1.807, 2.05) is 24.3 Å². The number of hydrogen-bond donors (Lipinski definition) is 1. The van der Waals surface area contributed by atoms with Crippen molar-refractivity contribution in [2.24, 2.45) is 11.8 Å². The van der Waals surface area contributed by atoms with Gasteiger partial charge in [0.25, 0.3) is 0 Å². The molecule has 2 aromatic rings. The van der Waals surface area contributed by atoms with Crippen molar-refractivity contribution in [2.75, 3.05) is 27.2 Å². The smallest absolute Gasteiger partial charge is 0.119 e. The molecule has 1 aliphatic rings. The van der Waals surface area contributed by atoms with Gasteiger partial charge in [0.1, 0.15) is 5.75 Å². The summed E-state index contributed by atoms with van der Waals surface area (Å²) in [7, 11) is 3.82. The number of piperidine rings is 1. The first-order valence-electron chi connectivity index (χ1n) is 9.04. The summed E-state index contributed by atoms with van der Waals surface area (Å²) in [5.41, 5.74) is 1.83. The van der Waals surface area contributed by atoms with Gasteiger partial charge in [0, 0.05) is 18.1 Å². The minimum absolute atomic E-state index is 0.484. The van der Waals surface area contributed by atoms with Crippen LogP contribution in [0.15, 0.2) is 43.1 Å². The Morgan fingerprint density at radius 1 is 1.44 bits per heavy atom. The summed E-state index contributed by atoms with van der Waals surface area (Å²) < 4.78 is 5.33. The number of aromatic nitrogens is 1. The van der Waals surface area contributed by atoms with E-state index in [4.69, 9.17) is 4.74 Å². The average Bonchev–Trinajstić information content (AvgIpc) is 2.65. The molecule has 1 fully saturated rings. The van der Waals surface area contributed by atoms with Gasteiger partial charge in [-0.05, 0) is 74.5 Å². The molecule has 0 radical (unpaired) electrons. The SMILES string of the molecule is C=C[C@H]1CN(C)CC[C@H]1CC[C@@H](O)c1ccnc2ccc(OC)cc12. The highest BCUT2D eigenvalue weighted by Gasteiger charge is 2.26. The second kappa shape index (κ2) is 7.98. The normalized spacial score (nSPS) is 22.7. The summed E-state index contributed by atoms with van der Waals surface area (Å²) in [6.45, 7) is 6.20. The Labute approximate surface area is 150 Å². The number of ether oxygens (including phenoxy) is 1. The molecule has 1 aromatic carbocycles. The average molecular weight is 340 g/mol. The number of rotatable bonds is 6. The highest BCUT2D eigenvalue weighted by molar-refractivity contribution is 5.83. The minimum Gasteiger partial charge on any atom is -0.497 e. The number of likely N-dealkylation sites (tertiary alicyclic amines) is 1. The first kappa shape index (κ1) is 17.9. The van der Waals surface area contributed by atoms with Crippen molar-refractivity contribution in [3.05, 3.63) is 48.7 Å². The van der Waals surface area contributed by atoms with Crippen LogP contribution < -0.4 is 4.74 Å². The largest absolute Gasteiger partial charge is 0.497 e. The molecule has 1 saturated heterocycles. The molecular formula is C21H28N2O2. The van der Waals surface area contributed by atoms with Gasteiger partial charge in [-0.25, -0.2) is 0 Å². The standard InChI is InChI=1S/C21H28N2O2/c1-4-15-14-23(2)12-10-16(15)5-8-21(24)18-9-11-22-20-7-6-17(25-3)13-19(18)20/h4,6-7,9,11,13,15-16,21,24H,1,5,8,10,12,14H2,2-3H3/t15-,16+,21+/m0/s1. The van der Waals surface area contributed by atoms with Gasteiger partial charge in [-0.3, -0.25) is 4.98 Å². The molecule has 4 heteroatoms. The molecule has 3 atom stereocenters. The summed E-state index contributed by atoms with van der Waals surface area (Å²) in [5, 5.41) is 11.8. The second-order valence-electron chi connectivity index (χ2n) is 7.09. The van der Waals surface area contributed by atoms with E-state index in [9.17, 15) is 5.11 Å². The molecule has 2 heterocycles. The first-order chi connectivity index (χ1) is 12.1. The molecule has 0 bridgehead atoms. The number of aliphatic hydroxyl groups excluding tert-OH is 1. The van der Waals surface area contributed by atoms with Gasteiger partial charge in [0.05, 0.1) is 18.7 Å². The van der Waals surface area contributed by atoms with Gasteiger partial charge in [-0.1, -0.05) is 6.08 Å². The summed E-state index contributed by atoms with van der Waals surface area (Å²) in [6, 6.07) is 7.73. The van der Waals surface area contributed by atoms with Crippen molar-refractivity contribution >= 4 is 10.9 Å². The summed E-state index contributed by atoms with van der Waals surface area (Å²) in [4.78, 5) is 6.76. The van der Waals surface area contributed by atoms with Crippen molar-refractivity contribution in [1.29, 1.82) is 0 Å². The Hall–Kier alpha value is -1.91. The number of hydrogen-bond acceptors (Lipinski definition) is 4. The second-order valence-corrected chi connectivity index (χ2v) is 7.09. The molecule has 1 aromatic heterocycles. The van der Waals surface area contributed by atoms with E-state index in [-0.39, 0.29) is 0 Å². The summed E-state index contributed by atoms with van der Waals surface area (Å²) in [5.74, 6) is 1.90. The van der Waals surface area contributed by atoms with Crippen LogP contribution in [0.1, 0.15) is 30.9 Å². The Morgan fingerprint density at radius 2 is 2.28 bits per heavy atom. The quantitative estimate of drug-likeness (QED) is 0.812. The van der Waals surface area contributed by atoms with Crippen LogP contribution in [0.5, 0.6) is 5.75 Å². The van der Waals surface area contributed by atoms with E-state index in [1.165, 1.54) is 6.42 Å². The highest BCUT2D eigenvalue weighted by atomic mass is 16.5. The molecule has 0 amide bonds. The Balaban J connectivity index is 1.74. The van der Waals surface area contributed by atoms with E-state index in [0.29, 0.717) is 11.8 Å². The lowest BCUT2D eigenvalue weighted by Crippen LogP contribution is -2.37. The summed E-state index contributed by atoms with van der Waals surface area (Å²) in [6.07, 6.45) is 6.32. The van der Waals surface area contributed by atoms with Crippen LogP contribution in [0.25, 0.3) is 10.9 Å². The summed E-state index contributed by atoms with van der Waals surface area (Å²) >= 11 is 0. The van der Waals surface area contributed by atoms with Crippen molar-refractivity contribution < 1.29 is 9.84 Å². The van der Waals surface area contributed by atoms with E-state index in [1.54, 1.807) is 13.3 Å². The monoisotopic (exact) mass is 340 g/mol.